The van der Waals surface area contributed by atoms with Gasteiger partial charge >= 0.3 is 0 Å². The van der Waals surface area contributed by atoms with Gasteiger partial charge in [0.1, 0.15) is 35.7 Å². The second-order valence-corrected chi connectivity index (χ2v) is 10.4. The third-order valence-corrected chi connectivity index (χ3v) is 7.60. The molecule has 36 heavy (non-hydrogen) atoms. The van der Waals surface area contributed by atoms with E-state index in [1.54, 1.807) is 36.4 Å². The molecule has 3 aromatic carbocycles. The molecule has 3 atom stereocenters. The summed E-state index contributed by atoms with van der Waals surface area (Å²) in [5.41, 5.74) is 4.21. The van der Waals surface area contributed by atoms with Crippen LogP contribution in [0.5, 0.6) is 23.0 Å². The molecule has 2 N–H and O–H groups in total. The first-order valence-electron chi connectivity index (χ1n) is 12.5. The maximum atomic E-state index is 10.2. The highest BCUT2D eigenvalue weighted by molar-refractivity contribution is 6.32. The van der Waals surface area contributed by atoms with Gasteiger partial charge in [-0.2, -0.15) is 0 Å². The molecule has 3 unspecified atom stereocenters. The summed E-state index contributed by atoms with van der Waals surface area (Å²) in [4.78, 5) is 2.49. The monoisotopic (exact) mass is 505 g/mol. The summed E-state index contributed by atoms with van der Waals surface area (Å²) in [5.74, 6) is 2.54. The number of hydrogen-bond acceptors (Lipinski definition) is 5. The van der Waals surface area contributed by atoms with Crippen LogP contribution in [0.3, 0.4) is 0 Å². The standard InChI is InChI=1S/C30H32ClNO4/c1-18-12-13-32(16-18)19(2)17-35-24-8-4-21(5-9-24)30-29(26-15-22(33)6-10-27(26)31)20(3)25-14-23(34)7-11-28(25)36-30/h4-11,14-15,18-19,30,33-34H,12-13,16-17H2,1-3H3. The Hall–Kier alpha value is -3.15. The minimum Gasteiger partial charge on any atom is -0.508 e. The lowest BCUT2D eigenvalue weighted by atomic mass is 9.86. The molecular weight excluding hydrogens is 474 g/mol. The second kappa shape index (κ2) is 10.1. The maximum absolute atomic E-state index is 10.2. The maximum Gasteiger partial charge on any atom is 0.150 e. The number of rotatable bonds is 6. The van der Waals surface area contributed by atoms with Crippen LogP contribution in [0.1, 0.15) is 50.0 Å². The fraction of sp³-hybridized carbons (Fsp3) is 0.333. The molecule has 2 heterocycles. The number of aromatic hydroxyl groups is 2. The van der Waals surface area contributed by atoms with E-state index in [4.69, 9.17) is 21.1 Å². The third kappa shape index (κ3) is 4.91. The van der Waals surface area contributed by atoms with Gasteiger partial charge in [0, 0.05) is 34.3 Å². The zero-order valence-electron chi connectivity index (χ0n) is 20.9. The van der Waals surface area contributed by atoms with Gasteiger partial charge in [-0.05, 0) is 92.4 Å². The van der Waals surface area contributed by atoms with E-state index in [0.29, 0.717) is 29.0 Å². The van der Waals surface area contributed by atoms with Crippen molar-refractivity contribution in [1.29, 1.82) is 0 Å². The van der Waals surface area contributed by atoms with Crippen molar-refractivity contribution >= 4 is 22.7 Å². The quantitative estimate of drug-likeness (QED) is 0.380. The average Bonchev–Trinajstić information content (AvgIpc) is 3.31. The molecule has 188 valence electrons. The van der Waals surface area contributed by atoms with Crippen molar-refractivity contribution in [3.05, 3.63) is 82.4 Å². The molecule has 0 bridgehead atoms. The molecule has 1 fully saturated rings. The number of nitrogens with zero attached hydrogens (tertiary/aromatic N) is 1. The smallest absolute Gasteiger partial charge is 0.150 e. The van der Waals surface area contributed by atoms with E-state index < -0.39 is 6.10 Å². The Morgan fingerprint density at radius 2 is 1.72 bits per heavy atom. The second-order valence-electron chi connectivity index (χ2n) is 10.00. The van der Waals surface area contributed by atoms with Crippen molar-refractivity contribution in [2.75, 3.05) is 19.7 Å². The zero-order chi connectivity index (χ0) is 25.4. The van der Waals surface area contributed by atoms with Crippen LogP contribution >= 0.6 is 11.6 Å². The molecule has 3 aromatic rings. The fourth-order valence-electron chi connectivity index (χ4n) is 5.17. The predicted molar refractivity (Wildman–Crippen MR) is 144 cm³/mol. The normalized spacial score (nSPS) is 20.7. The molecule has 2 aliphatic rings. The lowest BCUT2D eigenvalue weighted by Crippen LogP contribution is -2.35. The highest BCUT2D eigenvalue weighted by Gasteiger charge is 2.31. The van der Waals surface area contributed by atoms with Crippen molar-refractivity contribution < 1.29 is 19.7 Å². The topological polar surface area (TPSA) is 62.2 Å². The number of allylic oxidation sites excluding steroid dienone is 1. The summed E-state index contributed by atoms with van der Waals surface area (Å²) in [7, 11) is 0. The van der Waals surface area contributed by atoms with Crippen LogP contribution in [-0.4, -0.2) is 40.9 Å². The number of phenolic OH excluding ortho intramolecular Hbond substituents is 2. The summed E-state index contributed by atoms with van der Waals surface area (Å²) in [6.45, 7) is 9.42. The van der Waals surface area contributed by atoms with Crippen LogP contribution in [0.4, 0.5) is 0 Å². The van der Waals surface area contributed by atoms with Gasteiger partial charge in [-0.1, -0.05) is 30.7 Å². The van der Waals surface area contributed by atoms with E-state index in [0.717, 1.165) is 47.0 Å². The van der Waals surface area contributed by atoms with Crippen molar-refractivity contribution in [1.82, 2.24) is 4.90 Å². The van der Waals surface area contributed by atoms with Gasteiger partial charge in [0.2, 0.25) is 0 Å². The minimum atomic E-state index is -0.444. The zero-order valence-corrected chi connectivity index (χ0v) is 21.6. The number of phenols is 2. The van der Waals surface area contributed by atoms with Crippen LogP contribution in [0, 0.1) is 5.92 Å². The Morgan fingerprint density at radius 1 is 1.03 bits per heavy atom. The lowest BCUT2D eigenvalue weighted by Gasteiger charge is -2.31. The number of ether oxygens (including phenoxy) is 2. The Bertz CT molecular complexity index is 1290. The molecule has 0 aromatic heterocycles. The number of fused-ring (bicyclic) bond motifs is 1. The molecule has 6 heteroatoms. The van der Waals surface area contributed by atoms with Crippen LogP contribution < -0.4 is 9.47 Å². The van der Waals surface area contributed by atoms with Crippen LogP contribution in [0.15, 0.2) is 60.7 Å². The molecule has 0 aliphatic carbocycles. The first kappa shape index (κ1) is 24.5. The molecule has 0 spiro atoms. The highest BCUT2D eigenvalue weighted by Crippen LogP contribution is 2.49. The first-order valence-corrected chi connectivity index (χ1v) is 12.8. The molecule has 0 saturated carbocycles. The van der Waals surface area contributed by atoms with Crippen LogP contribution in [0.25, 0.3) is 11.1 Å². The van der Waals surface area contributed by atoms with Gasteiger partial charge in [-0.25, -0.2) is 0 Å². The SMILES string of the molecule is CC1=C(c2cc(O)ccc2Cl)C(c2ccc(OCC(C)N3CCC(C)C3)cc2)Oc2ccc(O)cc21. The molecule has 0 radical (unpaired) electrons. The Morgan fingerprint density at radius 3 is 2.42 bits per heavy atom. The van der Waals surface area contributed by atoms with Crippen molar-refractivity contribution in [3.8, 4) is 23.0 Å². The van der Waals surface area contributed by atoms with Gasteiger partial charge in [-0.15, -0.1) is 0 Å². The Balaban J connectivity index is 1.43. The van der Waals surface area contributed by atoms with Crippen molar-refractivity contribution in [2.45, 2.75) is 39.3 Å². The van der Waals surface area contributed by atoms with Crippen LogP contribution in [-0.2, 0) is 0 Å². The fourth-order valence-corrected chi connectivity index (χ4v) is 5.39. The average molecular weight is 506 g/mol. The van der Waals surface area contributed by atoms with E-state index >= 15 is 0 Å². The van der Waals surface area contributed by atoms with Crippen molar-refractivity contribution in [2.24, 2.45) is 5.92 Å². The first-order chi connectivity index (χ1) is 17.3. The van der Waals surface area contributed by atoms with Crippen LogP contribution in [0.2, 0.25) is 5.02 Å². The van der Waals surface area contributed by atoms with Gasteiger partial charge in [-0.3, -0.25) is 4.90 Å². The molecule has 5 nitrogen and oxygen atoms in total. The number of halogens is 1. The number of likely N-dealkylation sites (tertiary alicyclic amines) is 1. The largest absolute Gasteiger partial charge is 0.508 e. The molecule has 2 aliphatic heterocycles. The third-order valence-electron chi connectivity index (χ3n) is 7.27. The van der Waals surface area contributed by atoms with Gasteiger partial charge in [0.05, 0.1) is 0 Å². The summed E-state index contributed by atoms with van der Waals surface area (Å²) < 4.78 is 12.6. The summed E-state index contributed by atoms with van der Waals surface area (Å²) in [5, 5.41) is 20.8. The van der Waals surface area contributed by atoms with E-state index in [2.05, 4.69) is 18.7 Å². The van der Waals surface area contributed by atoms with E-state index in [9.17, 15) is 10.2 Å². The summed E-state index contributed by atoms with van der Waals surface area (Å²) in [6, 6.07) is 18.3. The highest BCUT2D eigenvalue weighted by atomic mass is 35.5. The van der Waals surface area contributed by atoms with E-state index in [1.807, 2.05) is 31.2 Å². The predicted octanol–water partition coefficient (Wildman–Crippen LogP) is 6.92. The summed E-state index contributed by atoms with van der Waals surface area (Å²) in [6.07, 6.45) is 0.808. The lowest BCUT2D eigenvalue weighted by molar-refractivity contribution is 0.169. The van der Waals surface area contributed by atoms with Gasteiger partial charge in [0.15, 0.2) is 0 Å². The molecule has 1 saturated heterocycles. The number of benzene rings is 3. The molecule has 0 amide bonds. The number of hydrogen-bond donors (Lipinski definition) is 2. The molecular formula is C30H32ClNO4. The Kier molecular flexibility index (Phi) is 6.87. The van der Waals surface area contributed by atoms with E-state index in [-0.39, 0.29) is 11.5 Å². The molecule has 5 rings (SSSR count). The minimum absolute atomic E-state index is 0.125. The van der Waals surface area contributed by atoms with E-state index in [1.165, 1.54) is 6.42 Å². The van der Waals surface area contributed by atoms with Gasteiger partial charge < -0.3 is 19.7 Å². The summed E-state index contributed by atoms with van der Waals surface area (Å²) >= 11 is 6.59. The van der Waals surface area contributed by atoms with Crippen molar-refractivity contribution in [3.63, 3.8) is 0 Å². The Labute approximate surface area is 217 Å². The van der Waals surface area contributed by atoms with Gasteiger partial charge in [0.25, 0.3) is 0 Å².